The zero-order chi connectivity index (χ0) is 17.6. The lowest BCUT2D eigenvalue weighted by atomic mass is 10.1. The number of rotatable bonds is 8. The minimum Gasteiger partial charge on any atom is -0.396 e. The van der Waals surface area contributed by atoms with Gasteiger partial charge in [-0.1, -0.05) is 6.92 Å². The second-order valence-electron chi connectivity index (χ2n) is 7.12. The lowest BCUT2D eigenvalue weighted by molar-refractivity contribution is 0.0704. The summed E-state index contributed by atoms with van der Waals surface area (Å²) in [7, 11) is 0. The maximum atomic E-state index is 12.5. The van der Waals surface area contributed by atoms with E-state index in [1.165, 1.54) is 12.8 Å². The van der Waals surface area contributed by atoms with Gasteiger partial charge >= 0.3 is 6.03 Å². The van der Waals surface area contributed by atoms with E-state index in [0.29, 0.717) is 6.54 Å². The molecule has 25 heavy (non-hydrogen) atoms. The molecule has 1 aromatic heterocycles. The zero-order valence-corrected chi connectivity index (χ0v) is 15.9. The minimum atomic E-state index is 0.0151. The third-order valence-corrected chi connectivity index (χ3v) is 6.08. The standard InChI is InChI=1S/C18H30N4O2S/c1-2-15-13-25-17(20-15)5-7-19-18(24)22-9-8-21(11-14-3-4-14)16(12-22)6-10-23/h13-14,16,23H,2-12H2,1H3,(H,19,24)/t16-/m0/s1. The summed E-state index contributed by atoms with van der Waals surface area (Å²) < 4.78 is 0. The quantitative estimate of drug-likeness (QED) is 0.735. The van der Waals surface area contributed by atoms with Crippen LogP contribution in [-0.2, 0) is 12.8 Å². The van der Waals surface area contributed by atoms with Gasteiger partial charge in [0.05, 0.1) is 10.7 Å². The molecular weight excluding hydrogens is 336 g/mol. The highest BCUT2D eigenvalue weighted by Gasteiger charge is 2.33. The van der Waals surface area contributed by atoms with Crippen LogP contribution in [0.3, 0.4) is 0 Å². The number of piperazine rings is 1. The monoisotopic (exact) mass is 366 g/mol. The van der Waals surface area contributed by atoms with Crippen molar-refractivity contribution in [2.75, 3.05) is 39.3 Å². The second-order valence-corrected chi connectivity index (χ2v) is 8.06. The Morgan fingerprint density at radius 2 is 2.28 bits per heavy atom. The van der Waals surface area contributed by atoms with Gasteiger partial charge in [0.25, 0.3) is 0 Å². The summed E-state index contributed by atoms with van der Waals surface area (Å²) in [6, 6.07) is 0.303. The van der Waals surface area contributed by atoms with Crippen LogP contribution >= 0.6 is 11.3 Å². The van der Waals surface area contributed by atoms with E-state index in [1.54, 1.807) is 11.3 Å². The molecule has 2 heterocycles. The van der Waals surface area contributed by atoms with Crippen LogP contribution in [0.25, 0.3) is 0 Å². The predicted octanol–water partition coefficient (Wildman–Crippen LogP) is 1.74. The molecule has 0 bridgehead atoms. The summed E-state index contributed by atoms with van der Waals surface area (Å²) in [5.41, 5.74) is 1.13. The number of carbonyl (C=O) groups excluding carboxylic acids is 1. The zero-order valence-electron chi connectivity index (χ0n) is 15.1. The molecule has 0 spiro atoms. The molecule has 1 saturated carbocycles. The van der Waals surface area contributed by atoms with Crippen molar-refractivity contribution in [3.63, 3.8) is 0 Å². The number of hydrogen-bond acceptors (Lipinski definition) is 5. The minimum absolute atomic E-state index is 0.0151. The molecule has 1 aliphatic heterocycles. The van der Waals surface area contributed by atoms with Gasteiger partial charge in [-0.15, -0.1) is 11.3 Å². The highest BCUT2D eigenvalue weighted by molar-refractivity contribution is 7.09. The molecule has 2 aliphatic rings. The summed E-state index contributed by atoms with van der Waals surface area (Å²) in [6.45, 7) is 6.46. The first kappa shape index (κ1) is 18.6. The lowest BCUT2D eigenvalue weighted by Gasteiger charge is -2.41. The van der Waals surface area contributed by atoms with Gasteiger partial charge in [-0.05, 0) is 31.6 Å². The number of thiazole rings is 1. The van der Waals surface area contributed by atoms with E-state index in [-0.39, 0.29) is 18.7 Å². The van der Waals surface area contributed by atoms with Gasteiger partial charge in [-0.25, -0.2) is 9.78 Å². The summed E-state index contributed by atoms with van der Waals surface area (Å²) in [6.07, 6.45) is 5.17. The van der Waals surface area contributed by atoms with Gasteiger partial charge in [0.2, 0.25) is 0 Å². The molecule has 1 aromatic rings. The molecule has 6 nitrogen and oxygen atoms in total. The molecule has 1 aliphatic carbocycles. The highest BCUT2D eigenvalue weighted by Crippen LogP contribution is 2.31. The number of urea groups is 1. The largest absolute Gasteiger partial charge is 0.396 e. The average Bonchev–Trinajstić information content (AvgIpc) is 3.32. The van der Waals surface area contributed by atoms with E-state index in [2.05, 4.69) is 27.5 Å². The fourth-order valence-corrected chi connectivity index (χ4v) is 4.27. The summed E-state index contributed by atoms with van der Waals surface area (Å²) in [5.74, 6) is 0.841. The third-order valence-electron chi connectivity index (χ3n) is 5.12. The number of carbonyl (C=O) groups is 1. The van der Waals surface area contributed by atoms with Crippen LogP contribution in [0.5, 0.6) is 0 Å². The predicted molar refractivity (Wildman–Crippen MR) is 100.0 cm³/mol. The van der Waals surface area contributed by atoms with Crippen LogP contribution in [0, 0.1) is 5.92 Å². The van der Waals surface area contributed by atoms with E-state index in [9.17, 15) is 9.90 Å². The number of nitrogens with zero attached hydrogens (tertiary/aromatic N) is 3. The van der Waals surface area contributed by atoms with Crippen LogP contribution in [0.2, 0.25) is 0 Å². The Balaban J connectivity index is 1.43. The number of aromatic nitrogens is 1. The van der Waals surface area contributed by atoms with E-state index in [4.69, 9.17) is 0 Å². The molecule has 1 atom stereocenters. The molecule has 2 N–H and O–H groups in total. The van der Waals surface area contributed by atoms with Crippen molar-refractivity contribution < 1.29 is 9.90 Å². The van der Waals surface area contributed by atoms with Gasteiger partial charge < -0.3 is 15.3 Å². The van der Waals surface area contributed by atoms with Crippen molar-refractivity contribution in [3.8, 4) is 0 Å². The van der Waals surface area contributed by atoms with Crippen LogP contribution < -0.4 is 5.32 Å². The smallest absolute Gasteiger partial charge is 0.317 e. The number of amides is 2. The molecule has 0 aromatic carbocycles. The van der Waals surface area contributed by atoms with Crippen molar-refractivity contribution in [1.29, 1.82) is 0 Å². The van der Waals surface area contributed by atoms with Gasteiger partial charge in [-0.2, -0.15) is 0 Å². The lowest BCUT2D eigenvalue weighted by Crippen LogP contribution is -2.57. The van der Waals surface area contributed by atoms with E-state index in [0.717, 1.165) is 62.1 Å². The Labute approximate surface area is 154 Å². The number of aliphatic hydroxyl groups is 1. The topological polar surface area (TPSA) is 68.7 Å². The molecule has 0 radical (unpaired) electrons. The molecule has 1 saturated heterocycles. The van der Waals surface area contributed by atoms with Crippen LogP contribution in [-0.4, -0.2) is 71.3 Å². The summed E-state index contributed by atoms with van der Waals surface area (Å²) in [5, 5.41) is 15.6. The SMILES string of the molecule is CCc1csc(CCNC(=O)N2CCN(CC3CC3)[C@@H](CCO)C2)n1. The Hall–Kier alpha value is -1.18. The van der Waals surface area contributed by atoms with Crippen molar-refractivity contribution in [1.82, 2.24) is 20.1 Å². The second kappa shape index (κ2) is 8.96. The Bertz CT molecular complexity index is 561. The van der Waals surface area contributed by atoms with Crippen LogP contribution in [0.15, 0.2) is 5.38 Å². The first-order valence-corrected chi connectivity index (χ1v) is 10.4. The van der Waals surface area contributed by atoms with Crippen LogP contribution in [0.1, 0.15) is 36.9 Å². The van der Waals surface area contributed by atoms with Crippen molar-refractivity contribution in [2.24, 2.45) is 5.92 Å². The molecule has 0 unspecified atom stereocenters. The Morgan fingerprint density at radius 3 is 2.96 bits per heavy atom. The van der Waals surface area contributed by atoms with Crippen LogP contribution in [0.4, 0.5) is 4.79 Å². The molecular formula is C18H30N4O2S. The van der Waals surface area contributed by atoms with Gasteiger partial charge in [0, 0.05) is 57.2 Å². The fraction of sp³-hybridized carbons (Fsp3) is 0.778. The van der Waals surface area contributed by atoms with E-state index in [1.807, 2.05) is 4.90 Å². The molecule has 3 rings (SSSR count). The van der Waals surface area contributed by atoms with Crippen molar-refractivity contribution in [2.45, 2.75) is 45.1 Å². The Kier molecular flexibility index (Phi) is 6.67. The number of nitrogens with one attached hydrogen (secondary N) is 1. The van der Waals surface area contributed by atoms with Crippen molar-refractivity contribution >= 4 is 17.4 Å². The first-order chi connectivity index (χ1) is 12.2. The van der Waals surface area contributed by atoms with E-state index < -0.39 is 0 Å². The summed E-state index contributed by atoms with van der Waals surface area (Å²) in [4.78, 5) is 21.4. The van der Waals surface area contributed by atoms with Gasteiger partial charge in [0.1, 0.15) is 0 Å². The fourth-order valence-electron chi connectivity index (χ4n) is 3.39. The number of hydrogen-bond donors (Lipinski definition) is 2. The third kappa shape index (κ3) is 5.39. The molecule has 2 fully saturated rings. The van der Waals surface area contributed by atoms with Gasteiger partial charge in [-0.3, -0.25) is 4.90 Å². The van der Waals surface area contributed by atoms with E-state index >= 15 is 0 Å². The maximum absolute atomic E-state index is 12.5. The first-order valence-electron chi connectivity index (χ1n) is 9.50. The normalized spacial score (nSPS) is 21.5. The summed E-state index contributed by atoms with van der Waals surface area (Å²) >= 11 is 1.67. The van der Waals surface area contributed by atoms with Gasteiger partial charge in [0.15, 0.2) is 0 Å². The maximum Gasteiger partial charge on any atom is 0.317 e. The number of aliphatic hydroxyl groups excluding tert-OH is 1. The molecule has 2 amide bonds. The average molecular weight is 367 g/mol. The Morgan fingerprint density at radius 1 is 1.44 bits per heavy atom. The highest BCUT2D eigenvalue weighted by atomic mass is 32.1. The van der Waals surface area contributed by atoms with Crippen molar-refractivity contribution in [3.05, 3.63) is 16.1 Å². The molecule has 140 valence electrons. The molecule has 7 heteroatoms. The number of aryl methyl sites for hydroxylation is 1.